The third kappa shape index (κ3) is 5.59. The minimum atomic E-state index is -3.41. The van der Waals surface area contributed by atoms with Crippen molar-refractivity contribution < 1.29 is 18.0 Å². The van der Waals surface area contributed by atoms with E-state index in [1.54, 1.807) is 38.9 Å². The van der Waals surface area contributed by atoms with Gasteiger partial charge in [0, 0.05) is 40.9 Å². The number of amides is 1. The van der Waals surface area contributed by atoms with Crippen molar-refractivity contribution >= 4 is 49.7 Å². The first-order valence-corrected chi connectivity index (χ1v) is 17.0. The summed E-state index contributed by atoms with van der Waals surface area (Å²) in [4.78, 5) is 29.6. The van der Waals surface area contributed by atoms with Gasteiger partial charge in [0.15, 0.2) is 14.8 Å². The van der Waals surface area contributed by atoms with Gasteiger partial charge in [-0.15, -0.1) is 23.1 Å². The van der Waals surface area contributed by atoms with Crippen LogP contribution in [0.5, 0.6) is 0 Å². The van der Waals surface area contributed by atoms with Gasteiger partial charge in [0.2, 0.25) is 0 Å². The molecule has 0 unspecified atom stereocenters. The number of fused-ring (bicyclic) bond motifs is 1. The maximum atomic E-state index is 13.0. The van der Waals surface area contributed by atoms with Gasteiger partial charge in [-0.3, -0.25) is 14.6 Å². The monoisotopic (exact) mass is 617 g/mol. The molecule has 0 atom stereocenters. The maximum absolute atomic E-state index is 13.0. The Morgan fingerprint density at radius 1 is 0.976 bits per heavy atom. The molecule has 0 radical (unpaired) electrons. The molecular formula is C32H31N3O4S3. The first kappa shape index (κ1) is 29.9. The van der Waals surface area contributed by atoms with E-state index in [2.05, 4.69) is 17.1 Å². The second kappa shape index (κ2) is 11.6. The van der Waals surface area contributed by atoms with Crippen LogP contribution < -0.4 is 0 Å². The molecule has 0 aliphatic carbocycles. The Bertz CT molecular complexity index is 1900. The number of carbonyl (C=O) groups excluding carboxylic acids is 1. The molecule has 0 saturated carbocycles. The molecule has 0 N–H and O–H groups in total. The second-order valence-corrected chi connectivity index (χ2v) is 14.8. The SMILES string of the molecule is CON(C)C(=O)c1nc(-c2cccc(-c3cc(C(C)(C)S(C)(=O)=O)cc4cccnc34)c2)c(-c2ccc(SC)cc2)s1. The summed E-state index contributed by atoms with van der Waals surface area (Å²) in [5.41, 5.74) is 5.59. The predicted molar refractivity (Wildman–Crippen MR) is 172 cm³/mol. The summed E-state index contributed by atoms with van der Waals surface area (Å²) in [6.45, 7) is 3.44. The summed E-state index contributed by atoms with van der Waals surface area (Å²) >= 11 is 2.98. The number of rotatable bonds is 8. The van der Waals surface area contributed by atoms with Crippen LogP contribution in [0, 0.1) is 0 Å². The van der Waals surface area contributed by atoms with Gasteiger partial charge in [-0.05, 0) is 73.2 Å². The fourth-order valence-electron chi connectivity index (χ4n) is 4.57. The number of carbonyl (C=O) groups is 1. The zero-order valence-electron chi connectivity index (χ0n) is 24.2. The Hall–Kier alpha value is -3.57. The number of nitrogens with zero attached hydrogens (tertiary/aromatic N) is 3. The van der Waals surface area contributed by atoms with Crippen molar-refractivity contribution in [1.82, 2.24) is 15.0 Å². The summed E-state index contributed by atoms with van der Waals surface area (Å²) in [5, 5.41) is 2.32. The van der Waals surface area contributed by atoms with Crippen LogP contribution in [0.4, 0.5) is 0 Å². The second-order valence-electron chi connectivity index (χ2n) is 10.4. The van der Waals surface area contributed by atoms with Crippen molar-refractivity contribution in [3.8, 4) is 32.8 Å². The predicted octanol–water partition coefficient (Wildman–Crippen LogP) is 7.33. The van der Waals surface area contributed by atoms with E-state index in [0.717, 1.165) is 48.0 Å². The zero-order valence-corrected chi connectivity index (χ0v) is 26.7. The highest BCUT2D eigenvalue weighted by Gasteiger charge is 2.33. The van der Waals surface area contributed by atoms with Crippen LogP contribution in [-0.4, -0.2) is 56.0 Å². The van der Waals surface area contributed by atoms with Crippen LogP contribution in [0.15, 0.2) is 83.9 Å². The number of hydroxylamine groups is 2. The first-order valence-electron chi connectivity index (χ1n) is 13.1. The van der Waals surface area contributed by atoms with Gasteiger partial charge >= 0.3 is 5.91 Å². The van der Waals surface area contributed by atoms with E-state index in [1.165, 1.54) is 24.7 Å². The van der Waals surface area contributed by atoms with Crippen LogP contribution in [0.1, 0.15) is 29.2 Å². The molecule has 42 heavy (non-hydrogen) atoms. The first-order chi connectivity index (χ1) is 19.9. The van der Waals surface area contributed by atoms with Crippen molar-refractivity contribution in [1.29, 1.82) is 0 Å². The fraction of sp³-hybridized carbons (Fsp3) is 0.219. The van der Waals surface area contributed by atoms with Crippen molar-refractivity contribution in [3.05, 3.63) is 89.6 Å². The van der Waals surface area contributed by atoms with Gasteiger partial charge in [-0.1, -0.05) is 36.4 Å². The number of thioether (sulfide) groups is 1. The molecule has 5 rings (SSSR count). The lowest BCUT2D eigenvalue weighted by Gasteiger charge is -2.24. The summed E-state index contributed by atoms with van der Waals surface area (Å²) in [6, 6.07) is 23.7. The summed E-state index contributed by atoms with van der Waals surface area (Å²) in [6.07, 6.45) is 5.02. The molecule has 5 aromatic rings. The molecule has 0 aliphatic rings. The molecule has 3 aromatic carbocycles. The van der Waals surface area contributed by atoms with E-state index in [-0.39, 0.29) is 5.91 Å². The molecule has 0 bridgehead atoms. The molecule has 0 spiro atoms. The largest absolute Gasteiger partial charge is 0.306 e. The van der Waals surface area contributed by atoms with Gasteiger partial charge < -0.3 is 0 Å². The number of sulfone groups is 1. The van der Waals surface area contributed by atoms with Gasteiger partial charge in [0.25, 0.3) is 0 Å². The highest BCUT2D eigenvalue weighted by molar-refractivity contribution is 7.98. The lowest BCUT2D eigenvalue weighted by Crippen LogP contribution is -2.28. The van der Waals surface area contributed by atoms with E-state index in [0.29, 0.717) is 16.3 Å². The standard InChI is InChI=1S/C32H31N3O4S3/c1-32(2,42(6,37)38)24-18-23-11-8-16-33-27(23)26(19-24)21-9-7-10-22(17-21)28-29(20-12-14-25(40-5)15-13-20)41-30(34-28)31(36)35(3)39-4/h7-19H,1-6H3. The molecule has 7 nitrogen and oxygen atoms in total. The average molecular weight is 618 g/mol. The number of hydrogen-bond acceptors (Lipinski definition) is 8. The number of pyridine rings is 1. The summed E-state index contributed by atoms with van der Waals surface area (Å²) in [7, 11) is -0.411. The topological polar surface area (TPSA) is 89.5 Å². The normalized spacial score (nSPS) is 12.0. The molecule has 0 fully saturated rings. The number of aromatic nitrogens is 2. The molecule has 1 amide bonds. The van der Waals surface area contributed by atoms with Crippen molar-refractivity contribution in [3.63, 3.8) is 0 Å². The van der Waals surface area contributed by atoms with E-state index in [4.69, 9.17) is 9.82 Å². The maximum Gasteiger partial charge on any atom is 0.306 e. The smallest absolute Gasteiger partial charge is 0.274 e. The van der Waals surface area contributed by atoms with Crippen molar-refractivity contribution in [2.45, 2.75) is 23.5 Å². The van der Waals surface area contributed by atoms with Crippen LogP contribution in [-0.2, 0) is 19.4 Å². The molecule has 2 heterocycles. The number of thiazole rings is 1. The molecule has 0 aliphatic heterocycles. The highest BCUT2D eigenvalue weighted by atomic mass is 32.2. The number of benzene rings is 3. The average Bonchev–Trinajstić information content (AvgIpc) is 3.45. The Morgan fingerprint density at radius 3 is 2.36 bits per heavy atom. The zero-order chi connectivity index (χ0) is 30.2. The van der Waals surface area contributed by atoms with Crippen LogP contribution in [0.25, 0.3) is 43.7 Å². The quantitative estimate of drug-likeness (QED) is 0.133. The molecule has 10 heteroatoms. The van der Waals surface area contributed by atoms with Crippen molar-refractivity contribution in [2.24, 2.45) is 0 Å². The minimum Gasteiger partial charge on any atom is -0.274 e. The summed E-state index contributed by atoms with van der Waals surface area (Å²) in [5.74, 6) is -0.335. The third-order valence-corrected chi connectivity index (χ3v) is 11.4. The van der Waals surface area contributed by atoms with Gasteiger partial charge in [-0.2, -0.15) is 0 Å². The Balaban J connectivity index is 1.71. The van der Waals surface area contributed by atoms with E-state index in [9.17, 15) is 13.2 Å². The van der Waals surface area contributed by atoms with Crippen LogP contribution in [0.3, 0.4) is 0 Å². The molecular weight excluding hydrogens is 587 g/mol. The van der Waals surface area contributed by atoms with Gasteiger partial charge in [-0.25, -0.2) is 18.5 Å². The minimum absolute atomic E-state index is 0.313. The van der Waals surface area contributed by atoms with Crippen LogP contribution >= 0.6 is 23.1 Å². The Labute approximate surface area is 254 Å². The van der Waals surface area contributed by atoms with Gasteiger partial charge in [0.1, 0.15) is 0 Å². The molecule has 216 valence electrons. The van der Waals surface area contributed by atoms with Gasteiger partial charge in [0.05, 0.1) is 27.9 Å². The number of hydrogen-bond donors (Lipinski definition) is 0. The van der Waals surface area contributed by atoms with Crippen molar-refractivity contribution in [2.75, 3.05) is 26.7 Å². The van der Waals surface area contributed by atoms with E-state index >= 15 is 0 Å². The lowest BCUT2D eigenvalue weighted by molar-refractivity contribution is -0.0757. The molecule has 0 saturated heterocycles. The van der Waals surface area contributed by atoms with E-state index in [1.807, 2.05) is 66.9 Å². The Kier molecular flexibility index (Phi) is 8.26. The van der Waals surface area contributed by atoms with Crippen LogP contribution in [0.2, 0.25) is 0 Å². The van der Waals surface area contributed by atoms with E-state index < -0.39 is 14.6 Å². The highest BCUT2D eigenvalue weighted by Crippen LogP contribution is 2.41. The summed E-state index contributed by atoms with van der Waals surface area (Å²) < 4.78 is 24.4. The fourth-order valence-corrected chi connectivity index (χ4v) is 6.59. The molecule has 2 aromatic heterocycles. The Morgan fingerprint density at radius 2 is 1.69 bits per heavy atom. The third-order valence-electron chi connectivity index (χ3n) is 7.50. The lowest BCUT2D eigenvalue weighted by atomic mass is 9.92.